The Morgan fingerprint density at radius 1 is 1.43 bits per heavy atom. The van der Waals surface area contributed by atoms with Crippen molar-refractivity contribution in [3.05, 3.63) is 0 Å². The summed E-state index contributed by atoms with van der Waals surface area (Å²) in [5, 5.41) is 12.2. The molecule has 0 aromatic carbocycles. The van der Waals surface area contributed by atoms with Crippen LogP contribution in [0.5, 0.6) is 0 Å². The van der Waals surface area contributed by atoms with E-state index in [9.17, 15) is 14.7 Å². The predicted octanol–water partition coefficient (Wildman–Crippen LogP) is 1.94. The van der Waals surface area contributed by atoms with Crippen LogP contribution in [0.15, 0.2) is 0 Å². The van der Waals surface area contributed by atoms with Crippen molar-refractivity contribution in [3.8, 4) is 0 Å². The summed E-state index contributed by atoms with van der Waals surface area (Å²) in [5.74, 6) is -0.366. The van der Waals surface area contributed by atoms with Gasteiger partial charge in [0.25, 0.3) is 0 Å². The SMILES string of the molecule is CCOCC(NC(=O)N1CCC(C)CC1C(=O)O)C(C)C. The molecule has 1 aliphatic heterocycles. The lowest BCUT2D eigenvalue weighted by Gasteiger charge is -2.37. The summed E-state index contributed by atoms with van der Waals surface area (Å²) in [6, 6.07) is -1.13. The molecule has 1 fully saturated rings. The average Bonchev–Trinajstić information content (AvgIpc) is 2.42. The van der Waals surface area contributed by atoms with Crippen LogP contribution in [-0.4, -0.2) is 53.8 Å². The van der Waals surface area contributed by atoms with E-state index in [1.54, 1.807) is 0 Å². The van der Waals surface area contributed by atoms with Crippen molar-refractivity contribution in [2.24, 2.45) is 11.8 Å². The summed E-state index contributed by atoms with van der Waals surface area (Å²) in [6.45, 7) is 9.49. The zero-order chi connectivity index (χ0) is 16.0. The third-order valence-corrected chi connectivity index (χ3v) is 4.03. The van der Waals surface area contributed by atoms with E-state index >= 15 is 0 Å². The fourth-order valence-electron chi connectivity index (χ4n) is 2.51. The number of hydrogen-bond acceptors (Lipinski definition) is 3. The van der Waals surface area contributed by atoms with E-state index in [4.69, 9.17) is 4.74 Å². The highest BCUT2D eigenvalue weighted by atomic mass is 16.5. The summed E-state index contributed by atoms with van der Waals surface area (Å²) >= 11 is 0. The van der Waals surface area contributed by atoms with Crippen LogP contribution in [0, 0.1) is 11.8 Å². The topological polar surface area (TPSA) is 78.9 Å². The molecule has 21 heavy (non-hydrogen) atoms. The first-order chi connectivity index (χ1) is 9.86. The number of urea groups is 1. The molecule has 2 N–H and O–H groups in total. The first kappa shape index (κ1) is 17.8. The van der Waals surface area contributed by atoms with Crippen molar-refractivity contribution in [2.45, 2.75) is 52.6 Å². The van der Waals surface area contributed by atoms with Crippen molar-refractivity contribution in [3.63, 3.8) is 0 Å². The van der Waals surface area contributed by atoms with Gasteiger partial charge in [-0.1, -0.05) is 20.8 Å². The molecule has 6 nitrogen and oxygen atoms in total. The van der Waals surface area contributed by atoms with E-state index in [-0.39, 0.29) is 18.0 Å². The number of carbonyl (C=O) groups excluding carboxylic acids is 1. The summed E-state index contributed by atoms with van der Waals surface area (Å²) in [4.78, 5) is 25.2. The van der Waals surface area contributed by atoms with Crippen molar-refractivity contribution in [1.29, 1.82) is 0 Å². The van der Waals surface area contributed by atoms with Crippen molar-refractivity contribution in [2.75, 3.05) is 19.8 Å². The van der Waals surface area contributed by atoms with Crippen LogP contribution in [0.1, 0.15) is 40.5 Å². The normalized spacial score (nSPS) is 24.0. The van der Waals surface area contributed by atoms with Gasteiger partial charge in [-0.05, 0) is 31.6 Å². The second-order valence-corrected chi connectivity index (χ2v) is 6.14. The van der Waals surface area contributed by atoms with E-state index in [0.29, 0.717) is 32.1 Å². The van der Waals surface area contributed by atoms with E-state index < -0.39 is 12.0 Å². The Balaban J connectivity index is 2.68. The fraction of sp³-hybridized carbons (Fsp3) is 0.867. The molecule has 3 atom stereocenters. The lowest BCUT2D eigenvalue weighted by atomic mass is 9.92. The zero-order valence-electron chi connectivity index (χ0n) is 13.5. The number of nitrogens with one attached hydrogen (secondary N) is 1. The molecule has 0 aromatic rings. The number of piperidine rings is 1. The highest BCUT2D eigenvalue weighted by Gasteiger charge is 2.35. The number of carbonyl (C=O) groups is 2. The molecule has 0 saturated carbocycles. The Morgan fingerprint density at radius 3 is 2.62 bits per heavy atom. The Kier molecular flexibility index (Phi) is 6.95. The molecule has 1 rings (SSSR count). The number of ether oxygens (including phenoxy) is 1. The minimum Gasteiger partial charge on any atom is -0.480 e. The Labute approximate surface area is 126 Å². The number of aliphatic carboxylic acids is 1. The van der Waals surface area contributed by atoms with Gasteiger partial charge in [0.05, 0.1) is 12.6 Å². The van der Waals surface area contributed by atoms with Crippen LogP contribution in [0.2, 0.25) is 0 Å². The molecule has 0 radical (unpaired) electrons. The van der Waals surface area contributed by atoms with Crippen molar-refractivity contribution >= 4 is 12.0 Å². The molecule has 122 valence electrons. The number of nitrogens with zero attached hydrogens (tertiary/aromatic N) is 1. The van der Waals surface area contributed by atoms with Gasteiger partial charge in [-0.25, -0.2) is 9.59 Å². The van der Waals surface area contributed by atoms with Crippen LogP contribution in [0.3, 0.4) is 0 Å². The summed E-state index contributed by atoms with van der Waals surface area (Å²) in [5.41, 5.74) is 0. The van der Waals surface area contributed by atoms with Crippen LogP contribution >= 0.6 is 0 Å². The molecule has 6 heteroatoms. The first-order valence-corrected chi connectivity index (χ1v) is 7.74. The summed E-state index contributed by atoms with van der Waals surface area (Å²) < 4.78 is 5.39. The number of likely N-dealkylation sites (tertiary alicyclic amines) is 1. The lowest BCUT2D eigenvalue weighted by molar-refractivity contribution is -0.143. The minimum absolute atomic E-state index is 0.105. The summed E-state index contributed by atoms with van der Waals surface area (Å²) in [6.07, 6.45) is 1.36. The number of hydrogen-bond donors (Lipinski definition) is 2. The van der Waals surface area contributed by atoms with E-state index in [2.05, 4.69) is 5.32 Å². The van der Waals surface area contributed by atoms with Crippen molar-refractivity contribution in [1.82, 2.24) is 10.2 Å². The Bertz CT molecular complexity index is 360. The molecular formula is C15H28N2O4. The molecular weight excluding hydrogens is 272 g/mol. The second kappa shape index (κ2) is 8.22. The Morgan fingerprint density at radius 2 is 2.10 bits per heavy atom. The molecule has 0 aromatic heterocycles. The highest BCUT2D eigenvalue weighted by molar-refractivity contribution is 5.83. The minimum atomic E-state index is -0.928. The number of amides is 2. The van der Waals surface area contributed by atoms with Crippen molar-refractivity contribution < 1.29 is 19.4 Å². The molecule has 2 amide bonds. The Hall–Kier alpha value is -1.30. The van der Waals surface area contributed by atoms with Crippen LogP contribution in [0.4, 0.5) is 4.79 Å². The molecule has 1 aliphatic rings. The number of rotatable bonds is 6. The number of carboxylic acids is 1. The largest absolute Gasteiger partial charge is 0.480 e. The highest BCUT2D eigenvalue weighted by Crippen LogP contribution is 2.23. The van der Waals surface area contributed by atoms with Gasteiger partial charge in [0.2, 0.25) is 0 Å². The maximum Gasteiger partial charge on any atom is 0.326 e. The maximum atomic E-state index is 12.4. The van der Waals surface area contributed by atoms with Gasteiger partial charge in [-0.3, -0.25) is 0 Å². The van der Waals surface area contributed by atoms with Gasteiger partial charge in [-0.15, -0.1) is 0 Å². The fourth-order valence-corrected chi connectivity index (χ4v) is 2.51. The van der Waals surface area contributed by atoms with Crippen LogP contribution in [0.25, 0.3) is 0 Å². The second-order valence-electron chi connectivity index (χ2n) is 6.14. The van der Waals surface area contributed by atoms with Crippen LogP contribution in [-0.2, 0) is 9.53 Å². The maximum absolute atomic E-state index is 12.4. The van der Waals surface area contributed by atoms with Crippen LogP contribution < -0.4 is 5.32 Å². The predicted molar refractivity (Wildman–Crippen MR) is 80.2 cm³/mol. The lowest BCUT2D eigenvalue weighted by Crippen LogP contribution is -2.56. The molecule has 0 bridgehead atoms. The number of carboxylic acid groups (broad SMARTS) is 1. The summed E-state index contributed by atoms with van der Waals surface area (Å²) in [7, 11) is 0. The standard InChI is InChI=1S/C15H28N2O4/c1-5-21-9-12(10(2)3)16-15(20)17-7-6-11(4)8-13(17)14(18)19/h10-13H,5-9H2,1-4H3,(H,16,20)(H,18,19). The smallest absolute Gasteiger partial charge is 0.326 e. The zero-order valence-corrected chi connectivity index (χ0v) is 13.5. The molecule has 1 heterocycles. The molecule has 3 unspecified atom stereocenters. The third kappa shape index (κ3) is 5.19. The van der Waals surface area contributed by atoms with E-state index in [1.165, 1.54) is 4.90 Å². The van der Waals surface area contributed by atoms with Gasteiger partial charge >= 0.3 is 12.0 Å². The van der Waals surface area contributed by atoms with Gasteiger partial charge in [-0.2, -0.15) is 0 Å². The van der Waals surface area contributed by atoms with E-state index in [1.807, 2.05) is 27.7 Å². The van der Waals surface area contributed by atoms with Gasteiger partial charge < -0.3 is 20.1 Å². The molecule has 1 saturated heterocycles. The van der Waals surface area contributed by atoms with Gasteiger partial charge in [0.15, 0.2) is 0 Å². The molecule has 0 aliphatic carbocycles. The molecule has 0 spiro atoms. The van der Waals surface area contributed by atoms with Gasteiger partial charge in [0, 0.05) is 13.2 Å². The third-order valence-electron chi connectivity index (χ3n) is 4.03. The first-order valence-electron chi connectivity index (χ1n) is 7.74. The monoisotopic (exact) mass is 300 g/mol. The average molecular weight is 300 g/mol. The van der Waals surface area contributed by atoms with E-state index in [0.717, 1.165) is 6.42 Å². The van der Waals surface area contributed by atoms with Gasteiger partial charge in [0.1, 0.15) is 6.04 Å². The quantitative estimate of drug-likeness (QED) is 0.786.